The van der Waals surface area contributed by atoms with Crippen molar-refractivity contribution in [3.8, 4) is 5.75 Å². The van der Waals surface area contributed by atoms with Crippen molar-refractivity contribution in [1.82, 2.24) is 0 Å². The van der Waals surface area contributed by atoms with Crippen molar-refractivity contribution < 1.29 is 14.3 Å². The van der Waals surface area contributed by atoms with Crippen LogP contribution in [0.2, 0.25) is 0 Å². The summed E-state index contributed by atoms with van der Waals surface area (Å²) < 4.78 is 10.9. The van der Waals surface area contributed by atoms with Crippen molar-refractivity contribution in [2.75, 3.05) is 6.61 Å². The Balaban J connectivity index is 2.01. The molecule has 3 heteroatoms. The van der Waals surface area contributed by atoms with E-state index in [0.29, 0.717) is 17.9 Å². The first-order valence-corrected chi connectivity index (χ1v) is 6.74. The summed E-state index contributed by atoms with van der Waals surface area (Å²) in [6.07, 6.45) is 0.896. The van der Waals surface area contributed by atoms with Gasteiger partial charge in [-0.15, -0.1) is 0 Å². The van der Waals surface area contributed by atoms with E-state index in [1.165, 1.54) is 0 Å². The summed E-state index contributed by atoms with van der Waals surface area (Å²) in [6, 6.07) is 16.8. The van der Waals surface area contributed by atoms with Crippen molar-refractivity contribution in [3.05, 3.63) is 65.7 Å². The Bertz CT molecular complexity index is 549. The van der Waals surface area contributed by atoms with Crippen molar-refractivity contribution >= 4 is 5.97 Å². The van der Waals surface area contributed by atoms with E-state index in [4.69, 9.17) is 9.47 Å². The zero-order valence-corrected chi connectivity index (χ0v) is 11.5. The summed E-state index contributed by atoms with van der Waals surface area (Å²) in [4.78, 5) is 12.1. The minimum Gasteiger partial charge on any atom is -0.493 e. The van der Waals surface area contributed by atoms with E-state index in [2.05, 4.69) is 0 Å². The lowest BCUT2D eigenvalue weighted by Gasteiger charge is -2.10. The van der Waals surface area contributed by atoms with Crippen LogP contribution in [0.1, 0.15) is 29.3 Å². The van der Waals surface area contributed by atoms with Gasteiger partial charge in [-0.05, 0) is 24.1 Å². The first-order chi connectivity index (χ1) is 9.81. The molecule has 0 aliphatic heterocycles. The van der Waals surface area contributed by atoms with Crippen LogP contribution >= 0.6 is 0 Å². The number of carbonyl (C=O) groups is 1. The number of esters is 1. The molecule has 0 amide bonds. The van der Waals surface area contributed by atoms with Crippen molar-refractivity contribution in [3.63, 3.8) is 0 Å². The van der Waals surface area contributed by atoms with Crippen LogP contribution < -0.4 is 4.74 Å². The molecule has 2 aromatic rings. The molecule has 0 aromatic heterocycles. The third-order valence-corrected chi connectivity index (χ3v) is 2.78. The van der Waals surface area contributed by atoms with Crippen LogP contribution in [-0.4, -0.2) is 12.6 Å². The monoisotopic (exact) mass is 270 g/mol. The molecule has 0 saturated heterocycles. The van der Waals surface area contributed by atoms with Gasteiger partial charge in [-0.25, -0.2) is 4.79 Å². The van der Waals surface area contributed by atoms with E-state index < -0.39 is 0 Å². The Morgan fingerprint density at radius 3 is 2.45 bits per heavy atom. The molecule has 20 heavy (non-hydrogen) atoms. The molecule has 0 atom stereocenters. The Hall–Kier alpha value is -2.29. The molecule has 0 N–H and O–H groups in total. The fraction of sp³-hybridized carbons (Fsp3) is 0.235. The molecule has 0 bridgehead atoms. The fourth-order valence-electron chi connectivity index (χ4n) is 1.77. The molecule has 0 heterocycles. The van der Waals surface area contributed by atoms with Gasteiger partial charge in [0.25, 0.3) is 0 Å². The van der Waals surface area contributed by atoms with Crippen LogP contribution in [-0.2, 0) is 11.3 Å². The summed E-state index contributed by atoms with van der Waals surface area (Å²) in [5.74, 6) is 0.216. The van der Waals surface area contributed by atoms with Gasteiger partial charge in [0, 0.05) is 0 Å². The van der Waals surface area contributed by atoms with Gasteiger partial charge in [-0.2, -0.15) is 0 Å². The fourth-order valence-corrected chi connectivity index (χ4v) is 1.77. The zero-order chi connectivity index (χ0) is 14.2. The molecule has 0 saturated carbocycles. The maximum absolute atomic E-state index is 12.1. The van der Waals surface area contributed by atoms with E-state index in [9.17, 15) is 4.79 Å². The highest BCUT2D eigenvalue weighted by Crippen LogP contribution is 2.19. The number of hydrogen-bond acceptors (Lipinski definition) is 3. The third-order valence-electron chi connectivity index (χ3n) is 2.78. The molecule has 0 unspecified atom stereocenters. The molecule has 0 aliphatic rings. The van der Waals surface area contributed by atoms with E-state index in [0.717, 1.165) is 12.0 Å². The molecule has 104 valence electrons. The molecule has 0 aliphatic carbocycles. The van der Waals surface area contributed by atoms with Crippen molar-refractivity contribution in [1.29, 1.82) is 0 Å². The van der Waals surface area contributed by atoms with Gasteiger partial charge in [-0.1, -0.05) is 49.4 Å². The van der Waals surface area contributed by atoms with E-state index in [1.807, 2.05) is 43.3 Å². The van der Waals surface area contributed by atoms with Crippen molar-refractivity contribution in [2.24, 2.45) is 0 Å². The summed E-state index contributed by atoms with van der Waals surface area (Å²) in [6.45, 7) is 2.88. The predicted octanol–water partition coefficient (Wildman–Crippen LogP) is 3.83. The Kier molecular flexibility index (Phi) is 5.18. The van der Waals surface area contributed by atoms with Crippen LogP contribution in [0.3, 0.4) is 0 Å². The molecule has 2 aromatic carbocycles. The molecule has 2 rings (SSSR count). The molecular formula is C17H18O3. The third kappa shape index (κ3) is 3.85. The number of para-hydroxylation sites is 1. The van der Waals surface area contributed by atoms with Gasteiger partial charge in [-0.3, -0.25) is 0 Å². The smallest absolute Gasteiger partial charge is 0.342 e. The largest absolute Gasteiger partial charge is 0.493 e. The summed E-state index contributed by atoms with van der Waals surface area (Å²) in [7, 11) is 0. The highest BCUT2D eigenvalue weighted by molar-refractivity contribution is 5.92. The topological polar surface area (TPSA) is 35.5 Å². The van der Waals surface area contributed by atoms with E-state index in [1.54, 1.807) is 18.2 Å². The van der Waals surface area contributed by atoms with E-state index in [-0.39, 0.29) is 12.6 Å². The van der Waals surface area contributed by atoms with Gasteiger partial charge in [0.1, 0.15) is 17.9 Å². The molecule has 0 spiro atoms. The minimum atomic E-state index is -0.361. The first-order valence-electron chi connectivity index (χ1n) is 6.74. The average molecular weight is 270 g/mol. The first kappa shape index (κ1) is 14.1. The van der Waals surface area contributed by atoms with Crippen LogP contribution in [0.25, 0.3) is 0 Å². The Morgan fingerprint density at radius 1 is 1.00 bits per heavy atom. The van der Waals surface area contributed by atoms with E-state index >= 15 is 0 Å². The number of rotatable bonds is 6. The van der Waals surface area contributed by atoms with Gasteiger partial charge in [0.2, 0.25) is 0 Å². The van der Waals surface area contributed by atoms with Gasteiger partial charge >= 0.3 is 5.97 Å². The standard InChI is InChI=1S/C17H18O3/c1-2-12-19-16-11-7-6-10-15(16)17(18)20-13-14-8-4-3-5-9-14/h3-11H,2,12-13H2,1H3. The number of hydrogen-bond donors (Lipinski definition) is 0. The van der Waals surface area contributed by atoms with Crippen LogP contribution in [0.4, 0.5) is 0 Å². The maximum atomic E-state index is 12.1. The number of benzene rings is 2. The molecule has 3 nitrogen and oxygen atoms in total. The summed E-state index contributed by atoms with van der Waals surface area (Å²) >= 11 is 0. The zero-order valence-electron chi connectivity index (χ0n) is 11.5. The lowest BCUT2D eigenvalue weighted by atomic mass is 10.2. The quantitative estimate of drug-likeness (QED) is 0.748. The molecule has 0 radical (unpaired) electrons. The highest BCUT2D eigenvalue weighted by atomic mass is 16.5. The lowest BCUT2D eigenvalue weighted by molar-refractivity contribution is 0.0468. The SMILES string of the molecule is CCCOc1ccccc1C(=O)OCc1ccccc1. The number of ether oxygens (including phenoxy) is 2. The molecule has 0 fully saturated rings. The second-order valence-electron chi connectivity index (χ2n) is 4.41. The second-order valence-corrected chi connectivity index (χ2v) is 4.41. The lowest BCUT2D eigenvalue weighted by Crippen LogP contribution is -2.08. The number of carbonyl (C=O) groups excluding carboxylic acids is 1. The second kappa shape index (κ2) is 7.34. The van der Waals surface area contributed by atoms with Crippen molar-refractivity contribution in [2.45, 2.75) is 20.0 Å². The normalized spacial score (nSPS) is 10.1. The Labute approximate surface area is 119 Å². The predicted molar refractivity (Wildman–Crippen MR) is 77.8 cm³/mol. The van der Waals surface area contributed by atoms with Gasteiger partial charge in [0.15, 0.2) is 0 Å². The van der Waals surface area contributed by atoms with Gasteiger partial charge in [0.05, 0.1) is 6.61 Å². The minimum absolute atomic E-state index is 0.266. The highest BCUT2D eigenvalue weighted by Gasteiger charge is 2.13. The maximum Gasteiger partial charge on any atom is 0.342 e. The van der Waals surface area contributed by atoms with Gasteiger partial charge < -0.3 is 9.47 Å². The summed E-state index contributed by atoms with van der Waals surface area (Å²) in [5, 5.41) is 0. The average Bonchev–Trinajstić information content (AvgIpc) is 2.52. The van der Waals surface area contributed by atoms with Crippen LogP contribution in [0.15, 0.2) is 54.6 Å². The van der Waals surface area contributed by atoms with Crippen LogP contribution in [0, 0.1) is 0 Å². The summed E-state index contributed by atoms with van der Waals surface area (Å²) in [5.41, 5.74) is 1.43. The van der Waals surface area contributed by atoms with Crippen LogP contribution in [0.5, 0.6) is 5.75 Å². The molecular weight excluding hydrogens is 252 g/mol. The Morgan fingerprint density at radius 2 is 1.70 bits per heavy atom.